The Morgan fingerprint density at radius 2 is 1.58 bits per heavy atom. The number of hydrogen-bond donors (Lipinski definition) is 1. The number of unbranched alkanes of at least 4 members (excludes halogenated alkanes) is 4. The first-order valence-electron chi connectivity index (χ1n) is 6.88. The third-order valence-corrected chi connectivity index (χ3v) is 4.03. The van der Waals surface area contributed by atoms with Crippen molar-refractivity contribution in [2.45, 2.75) is 64.5 Å². The van der Waals surface area contributed by atoms with Gasteiger partial charge in [-0.1, -0.05) is 46.0 Å². The van der Waals surface area contributed by atoms with Gasteiger partial charge >= 0.3 is 5.97 Å². The van der Waals surface area contributed by atoms with Gasteiger partial charge in [0, 0.05) is 0 Å². The van der Waals surface area contributed by atoms with Crippen LogP contribution in [0.1, 0.15) is 59.3 Å². The highest BCUT2D eigenvalue weighted by molar-refractivity contribution is 7.87. The third-order valence-electron chi connectivity index (χ3n) is 2.95. The van der Waals surface area contributed by atoms with Crippen molar-refractivity contribution in [3.05, 3.63) is 0 Å². The summed E-state index contributed by atoms with van der Waals surface area (Å²) in [6, 6.07) is 0. The molecule has 0 spiro atoms. The molecule has 0 amide bonds. The number of carbonyl (C=O) groups excluding carboxylic acids is 1. The van der Waals surface area contributed by atoms with Crippen LogP contribution in [-0.2, 0) is 19.6 Å². The van der Waals surface area contributed by atoms with E-state index >= 15 is 0 Å². The van der Waals surface area contributed by atoms with Crippen LogP contribution < -0.4 is 0 Å². The van der Waals surface area contributed by atoms with Crippen molar-refractivity contribution in [2.24, 2.45) is 5.92 Å². The normalized spacial score (nSPS) is 13.5. The Bertz CT molecular complexity index is 348. The maximum absolute atomic E-state index is 11.2. The van der Waals surface area contributed by atoms with Crippen LogP contribution in [-0.4, -0.2) is 30.8 Å². The van der Waals surface area contributed by atoms with E-state index in [2.05, 4.69) is 13.8 Å². The molecule has 1 unspecified atom stereocenters. The summed E-state index contributed by atoms with van der Waals surface area (Å²) in [5.74, 6) is -0.148. The molecular weight excluding hydrogens is 268 g/mol. The van der Waals surface area contributed by atoms with Crippen LogP contribution in [0.25, 0.3) is 0 Å². The second-order valence-electron chi connectivity index (χ2n) is 5.27. The van der Waals surface area contributed by atoms with E-state index in [9.17, 15) is 13.2 Å². The van der Waals surface area contributed by atoms with Gasteiger partial charge in [0.2, 0.25) is 0 Å². The molecule has 114 valence electrons. The average molecular weight is 294 g/mol. The van der Waals surface area contributed by atoms with E-state index in [-0.39, 0.29) is 6.61 Å². The van der Waals surface area contributed by atoms with Crippen molar-refractivity contribution in [3.63, 3.8) is 0 Å². The van der Waals surface area contributed by atoms with Crippen molar-refractivity contribution in [2.75, 3.05) is 6.61 Å². The number of hydrogen-bond acceptors (Lipinski definition) is 4. The molecule has 19 heavy (non-hydrogen) atoms. The fourth-order valence-electron chi connectivity index (χ4n) is 1.60. The molecule has 6 heteroatoms. The van der Waals surface area contributed by atoms with Gasteiger partial charge in [0.25, 0.3) is 10.1 Å². The smallest absolute Gasteiger partial charge is 0.326 e. The van der Waals surface area contributed by atoms with E-state index in [1.54, 1.807) is 0 Å². The molecule has 0 aliphatic heterocycles. The highest BCUT2D eigenvalue weighted by atomic mass is 32.2. The van der Waals surface area contributed by atoms with Crippen LogP contribution in [0.15, 0.2) is 0 Å². The Labute approximate surface area is 116 Å². The maximum atomic E-state index is 11.2. The summed E-state index contributed by atoms with van der Waals surface area (Å²) < 4.78 is 34.8. The van der Waals surface area contributed by atoms with Crippen molar-refractivity contribution in [3.8, 4) is 0 Å². The first-order valence-corrected chi connectivity index (χ1v) is 8.38. The molecule has 0 saturated heterocycles. The van der Waals surface area contributed by atoms with E-state index < -0.39 is 21.3 Å². The van der Waals surface area contributed by atoms with Gasteiger partial charge in [-0.15, -0.1) is 0 Å². The Morgan fingerprint density at radius 3 is 2.11 bits per heavy atom. The summed E-state index contributed by atoms with van der Waals surface area (Å²) in [7, 11) is -4.34. The fourth-order valence-corrected chi connectivity index (χ4v) is 1.91. The van der Waals surface area contributed by atoms with Crippen LogP contribution in [0, 0.1) is 5.92 Å². The second kappa shape index (κ2) is 9.31. The molecule has 0 aromatic carbocycles. The molecule has 0 aliphatic carbocycles. The van der Waals surface area contributed by atoms with E-state index in [4.69, 9.17) is 9.29 Å². The van der Waals surface area contributed by atoms with Gasteiger partial charge in [-0.25, -0.2) is 0 Å². The summed E-state index contributed by atoms with van der Waals surface area (Å²) in [6.45, 7) is 5.73. The summed E-state index contributed by atoms with van der Waals surface area (Å²) in [5, 5.41) is -1.50. The highest BCUT2D eigenvalue weighted by Crippen LogP contribution is 2.10. The van der Waals surface area contributed by atoms with Crippen LogP contribution in [0.5, 0.6) is 0 Å². The molecular formula is C13H26O5S. The van der Waals surface area contributed by atoms with Crippen LogP contribution in [0.2, 0.25) is 0 Å². The van der Waals surface area contributed by atoms with Crippen LogP contribution >= 0.6 is 0 Å². The zero-order valence-corrected chi connectivity index (χ0v) is 12.9. The molecule has 0 heterocycles. The minimum Gasteiger partial charge on any atom is -0.465 e. The SMILES string of the molecule is CC(C)CCCCCCCOC(=O)C(C)S(=O)(=O)O. The van der Waals surface area contributed by atoms with Crippen molar-refractivity contribution >= 4 is 16.1 Å². The average Bonchev–Trinajstić information content (AvgIpc) is 2.29. The summed E-state index contributed by atoms with van der Waals surface area (Å²) in [5.41, 5.74) is 0. The van der Waals surface area contributed by atoms with E-state index in [0.717, 1.165) is 32.1 Å². The molecule has 0 radical (unpaired) electrons. The molecule has 0 aromatic rings. The van der Waals surface area contributed by atoms with Crippen molar-refractivity contribution < 1.29 is 22.5 Å². The fraction of sp³-hybridized carbons (Fsp3) is 0.923. The predicted octanol–water partition coefficient (Wildman–Crippen LogP) is 2.80. The zero-order chi connectivity index (χ0) is 14.9. The summed E-state index contributed by atoms with van der Waals surface area (Å²) in [6.07, 6.45) is 6.42. The number of ether oxygens (including phenoxy) is 1. The minimum atomic E-state index is -4.34. The number of rotatable bonds is 10. The van der Waals surface area contributed by atoms with E-state index in [0.29, 0.717) is 0 Å². The lowest BCUT2D eigenvalue weighted by molar-refractivity contribution is -0.143. The highest BCUT2D eigenvalue weighted by Gasteiger charge is 2.26. The van der Waals surface area contributed by atoms with Gasteiger partial charge in [-0.05, 0) is 19.3 Å². The molecule has 0 aromatic heterocycles. The molecule has 0 rings (SSSR count). The first-order chi connectivity index (χ1) is 8.75. The van der Waals surface area contributed by atoms with Crippen LogP contribution in [0.3, 0.4) is 0 Å². The topological polar surface area (TPSA) is 80.7 Å². The first kappa shape index (κ1) is 18.4. The number of esters is 1. The van der Waals surface area contributed by atoms with Crippen molar-refractivity contribution in [1.82, 2.24) is 0 Å². The lowest BCUT2D eigenvalue weighted by Crippen LogP contribution is -2.28. The molecule has 0 aliphatic rings. The second-order valence-corrected chi connectivity index (χ2v) is 7.01. The maximum Gasteiger partial charge on any atom is 0.326 e. The minimum absolute atomic E-state index is 0.211. The monoisotopic (exact) mass is 294 g/mol. The lowest BCUT2D eigenvalue weighted by atomic mass is 10.0. The molecule has 0 fully saturated rings. The van der Waals surface area contributed by atoms with Gasteiger partial charge in [0.1, 0.15) is 0 Å². The van der Waals surface area contributed by atoms with Gasteiger partial charge in [0.05, 0.1) is 6.61 Å². The standard InChI is InChI=1S/C13H26O5S/c1-11(2)9-7-5-4-6-8-10-18-13(14)12(3)19(15,16)17/h11-12H,4-10H2,1-3H3,(H,15,16,17). The molecule has 0 saturated carbocycles. The van der Waals surface area contributed by atoms with Crippen LogP contribution in [0.4, 0.5) is 0 Å². The Balaban J connectivity index is 3.52. The van der Waals surface area contributed by atoms with Gasteiger partial charge in [-0.3, -0.25) is 9.35 Å². The summed E-state index contributed by atoms with van der Waals surface area (Å²) in [4.78, 5) is 11.2. The summed E-state index contributed by atoms with van der Waals surface area (Å²) >= 11 is 0. The molecule has 1 N–H and O–H groups in total. The predicted molar refractivity (Wildman–Crippen MR) is 74.5 cm³/mol. The lowest BCUT2D eigenvalue weighted by Gasteiger charge is -2.08. The van der Waals surface area contributed by atoms with E-state index in [1.165, 1.54) is 19.3 Å². The van der Waals surface area contributed by atoms with Gasteiger partial charge in [0.15, 0.2) is 5.25 Å². The van der Waals surface area contributed by atoms with Crippen molar-refractivity contribution in [1.29, 1.82) is 0 Å². The quantitative estimate of drug-likeness (QED) is 0.380. The Kier molecular flexibility index (Phi) is 9.01. The Hall–Kier alpha value is -0.620. The molecule has 0 bridgehead atoms. The molecule has 1 atom stereocenters. The largest absolute Gasteiger partial charge is 0.465 e. The van der Waals surface area contributed by atoms with Gasteiger partial charge in [-0.2, -0.15) is 8.42 Å². The van der Waals surface area contributed by atoms with Gasteiger partial charge < -0.3 is 4.74 Å². The number of carbonyl (C=O) groups is 1. The molecule has 5 nitrogen and oxygen atoms in total. The Morgan fingerprint density at radius 1 is 1.05 bits per heavy atom. The third kappa shape index (κ3) is 9.90. The van der Waals surface area contributed by atoms with E-state index in [1.807, 2.05) is 0 Å². The zero-order valence-electron chi connectivity index (χ0n) is 12.1.